The molecule has 0 saturated heterocycles. The highest BCUT2D eigenvalue weighted by molar-refractivity contribution is 6.43. The number of rotatable bonds is 4. The van der Waals surface area contributed by atoms with E-state index >= 15 is 0 Å². The summed E-state index contributed by atoms with van der Waals surface area (Å²) in [6.45, 7) is 2.52. The molecule has 2 rings (SSSR count). The zero-order valence-corrected chi connectivity index (χ0v) is 12.7. The fourth-order valence-electron chi connectivity index (χ4n) is 1.80. The fraction of sp³-hybridized carbons (Fsp3) is 0.500. The predicted octanol–water partition coefficient (Wildman–Crippen LogP) is 4.81. The van der Waals surface area contributed by atoms with Crippen molar-refractivity contribution < 1.29 is 9.47 Å². The largest absolute Gasteiger partial charge is 0.486 e. The number of hydrogen-bond acceptors (Lipinski definition) is 2. The first-order chi connectivity index (χ1) is 8.52. The summed E-state index contributed by atoms with van der Waals surface area (Å²) in [4.78, 5) is 0. The van der Waals surface area contributed by atoms with Gasteiger partial charge < -0.3 is 9.47 Å². The summed E-state index contributed by atoms with van der Waals surface area (Å²) in [6, 6.07) is 3.17. The first-order valence-electron chi connectivity index (χ1n) is 5.59. The minimum Gasteiger partial charge on any atom is -0.486 e. The highest BCUT2D eigenvalue weighted by Gasteiger charge is 2.42. The van der Waals surface area contributed by atoms with E-state index in [-0.39, 0.29) is 17.6 Å². The van der Waals surface area contributed by atoms with E-state index in [0.717, 1.165) is 6.42 Å². The predicted molar refractivity (Wildman–Crippen MR) is 75.6 cm³/mol. The van der Waals surface area contributed by atoms with E-state index < -0.39 is 0 Å². The van der Waals surface area contributed by atoms with E-state index in [1.807, 2.05) is 6.92 Å². The molecule has 1 saturated carbocycles. The highest BCUT2D eigenvalue weighted by Crippen LogP contribution is 2.38. The smallest absolute Gasteiger partial charge is 0.140 e. The number of benzene rings is 1. The molecule has 6 heteroatoms. The van der Waals surface area contributed by atoms with Gasteiger partial charge in [-0.1, -0.05) is 34.8 Å². The maximum atomic E-state index is 6.07. The molecule has 0 radical (unpaired) electrons. The first-order valence-corrected chi connectivity index (χ1v) is 7.16. The number of alkyl halides is 1. The third-order valence-electron chi connectivity index (χ3n) is 2.79. The average Bonchev–Trinajstić information content (AvgIpc) is 2.32. The molecule has 0 amide bonds. The second kappa shape index (κ2) is 6.06. The van der Waals surface area contributed by atoms with Crippen molar-refractivity contribution in [1.29, 1.82) is 0 Å². The average molecular weight is 330 g/mol. The van der Waals surface area contributed by atoms with Gasteiger partial charge >= 0.3 is 0 Å². The van der Waals surface area contributed by atoms with Crippen LogP contribution in [0.3, 0.4) is 0 Å². The Morgan fingerprint density at radius 1 is 1.17 bits per heavy atom. The molecule has 0 aromatic heterocycles. The van der Waals surface area contributed by atoms with E-state index in [1.54, 1.807) is 12.1 Å². The van der Waals surface area contributed by atoms with Gasteiger partial charge in [0.15, 0.2) is 0 Å². The number of halogens is 4. The van der Waals surface area contributed by atoms with Crippen LogP contribution in [0.2, 0.25) is 15.1 Å². The zero-order chi connectivity index (χ0) is 13.3. The summed E-state index contributed by atoms with van der Waals surface area (Å²) < 4.78 is 11.3. The Balaban J connectivity index is 2.08. The molecule has 1 aliphatic carbocycles. The number of hydrogen-bond donors (Lipinski definition) is 0. The molecule has 1 aromatic carbocycles. The second-order valence-corrected chi connectivity index (χ2v) is 5.81. The lowest BCUT2D eigenvalue weighted by Gasteiger charge is -2.40. The lowest BCUT2D eigenvalue weighted by molar-refractivity contribution is -0.0759. The Morgan fingerprint density at radius 3 is 2.44 bits per heavy atom. The second-order valence-electron chi connectivity index (χ2n) is 4.02. The van der Waals surface area contributed by atoms with Crippen LogP contribution in [0.4, 0.5) is 0 Å². The summed E-state index contributed by atoms with van der Waals surface area (Å²) in [6.07, 6.45) is 0.521. The molecule has 0 aliphatic heterocycles. The lowest BCUT2D eigenvalue weighted by atomic mass is 9.91. The van der Waals surface area contributed by atoms with Crippen molar-refractivity contribution in [1.82, 2.24) is 0 Å². The highest BCUT2D eigenvalue weighted by atomic mass is 35.5. The molecule has 1 aliphatic rings. The van der Waals surface area contributed by atoms with Crippen LogP contribution in [0, 0.1) is 0 Å². The van der Waals surface area contributed by atoms with Gasteiger partial charge in [0.2, 0.25) is 0 Å². The summed E-state index contributed by atoms with van der Waals surface area (Å²) in [5.74, 6) is 0.504. The summed E-state index contributed by atoms with van der Waals surface area (Å²) >= 11 is 23.9. The summed E-state index contributed by atoms with van der Waals surface area (Å²) in [7, 11) is 0. The molecule has 3 unspecified atom stereocenters. The number of ether oxygens (including phenoxy) is 2. The van der Waals surface area contributed by atoms with Gasteiger partial charge in [0.1, 0.15) is 18.0 Å². The summed E-state index contributed by atoms with van der Waals surface area (Å²) in [5.41, 5.74) is 0. The maximum Gasteiger partial charge on any atom is 0.140 e. The molecule has 0 spiro atoms. The Kier molecular flexibility index (Phi) is 4.90. The van der Waals surface area contributed by atoms with Crippen molar-refractivity contribution >= 4 is 46.4 Å². The normalized spacial score (nSPS) is 26.8. The molecule has 1 fully saturated rings. The standard InChI is InChI=1S/C12H12Cl4O2/c1-2-17-12-9(16)5-11(12)18-10-4-7(14)6(13)3-8(10)15/h3-4,9,11-12H,2,5H2,1H3. The molecule has 18 heavy (non-hydrogen) atoms. The third kappa shape index (κ3) is 3.00. The van der Waals surface area contributed by atoms with E-state index in [9.17, 15) is 0 Å². The van der Waals surface area contributed by atoms with Crippen LogP contribution in [-0.4, -0.2) is 24.2 Å². The fourth-order valence-corrected chi connectivity index (χ4v) is 2.80. The zero-order valence-electron chi connectivity index (χ0n) is 9.63. The molecule has 0 heterocycles. The van der Waals surface area contributed by atoms with E-state index in [0.29, 0.717) is 27.4 Å². The van der Waals surface area contributed by atoms with Crippen molar-refractivity contribution in [3.63, 3.8) is 0 Å². The Hall–Kier alpha value is 0.140. The van der Waals surface area contributed by atoms with Gasteiger partial charge in [0.05, 0.1) is 20.4 Å². The van der Waals surface area contributed by atoms with Gasteiger partial charge in [0, 0.05) is 19.1 Å². The monoisotopic (exact) mass is 328 g/mol. The molecule has 100 valence electrons. The molecule has 3 atom stereocenters. The molecular formula is C12H12Cl4O2. The van der Waals surface area contributed by atoms with Crippen molar-refractivity contribution in [2.45, 2.75) is 30.9 Å². The van der Waals surface area contributed by atoms with Gasteiger partial charge in [0.25, 0.3) is 0 Å². The van der Waals surface area contributed by atoms with Crippen LogP contribution in [0.1, 0.15) is 13.3 Å². The third-order valence-corrected chi connectivity index (χ3v) is 4.24. The molecule has 1 aromatic rings. The Morgan fingerprint density at radius 2 is 1.83 bits per heavy atom. The van der Waals surface area contributed by atoms with E-state index in [2.05, 4.69) is 0 Å². The van der Waals surface area contributed by atoms with Gasteiger partial charge in [-0.3, -0.25) is 0 Å². The van der Waals surface area contributed by atoms with Gasteiger partial charge in [-0.15, -0.1) is 11.6 Å². The van der Waals surface area contributed by atoms with E-state index in [4.69, 9.17) is 55.9 Å². The van der Waals surface area contributed by atoms with Crippen molar-refractivity contribution in [3.05, 3.63) is 27.2 Å². The molecule has 0 bridgehead atoms. The molecular weight excluding hydrogens is 318 g/mol. The van der Waals surface area contributed by atoms with Gasteiger partial charge in [-0.2, -0.15) is 0 Å². The SMILES string of the molecule is CCOC1C(Cl)CC1Oc1cc(Cl)c(Cl)cc1Cl. The van der Waals surface area contributed by atoms with Crippen LogP contribution >= 0.6 is 46.4 Å². The van der Waals surface area contributed by atoms with Gasteiger partial charge in [-0.05, 0) is 13.0 Å². The minimum absolute atomic E-state index is 0.0171. The topological polar surface area (TPSA) is 18.5 Å². The minimum atomic E-state index is -0.109. The van der Waals surface area contributed by atoms with Crippen molar-refractivity contribution in [2.24, 2.45) is 0 Å². The first kappa shape index (κ1) is 14.5. The van der Waals surface area contributed by atoms with Crippen LogP contribution < -0.4 is 4.74 Å². The van der Waals surface area contributed by atoms with Gasteiger partial charge in [-0.25, -0.2) is 0 Å². The maximum absolute atomic E-state index is 6.07. The Labute approximate surface area is 126 Å². The van der Waals surface area contributed by atoms with Crippen molar-refractivity contribution in [3.8, 4) is 5.75 Å². The van der Waals surface area contributed by atoms with Crippen LogP contribution in [-0.2, 0) is 4.74 Å². The Bertz CT molecular complexity index is 438. The van der Waals surface area contributed by atoms with Crippen molar-refractivity contribution in [2.75, 3.05) is 6.61 Å². The lowest BCUT2D eigenvalue weighted by Crippen LogP contribution is -2.52. The molecule has 0 N–H and O–H groups in total. The van der Waals surface area contributed by atoms with E-state index in [1.165, 1.54) is 0 Å². The van der Waals surface area contributed by atoms with Crippen LogP contribution in [0.15, 0.2) is 12.1 Å². The molecule has 2 nitrogen and oxygen atoms in total. The van der Waals surface area contributed by atoms with Crippen LogP contribution in [0.5, 0.6) is 5.75 Å². The van der Waals surface area contributed by atoms with Crippen LogP contribution in [0.25, 0.3) is 0 Å². The quantitative estimate of drug-likeness (QED) is 0.583. The summed E-state index contributed by atoms with van der Waals surface area (Å²) in [5, 5.41) is 1.22.